The molecule has 3 nitrogen and oxygen atoms in total. The molecule has 18 heavy (non-hydrogen) atoms. The van der Waals surface area contributed by atoms with Gasteiger partial charge in [-0.25, -0.2) is 4.98 Å². The molecule has 0 bridgehead atoms. The van der Waals surface area contributed by atoms with Gasteiger partial charge in [0.1, 0.15) is 11.3 Å². The predicted molar refractivity (Wildman–Crippen MR) is 75.1 cm³/mol. The van der Waals surface area contributed by atoms with Gasteiger partial charge in [0.15, 0.2) is 0 Å². The van der Waals surface area contributed by atoms with E-state index < -0.39 is 0 Å². The molecule has 3 heteroatoms. The number of unbranched alkanes of at least 4 members (excludes halogenated alkanes) is 1. The van der Waals surface area contributed by atoms with Crippen molar-refractivity contribution in [2.24, 2.45) is 0 Å². The molecule has 96 valence electrons. The lowest BCUT2D eigenvalue weighted by molar-refractivity contribution is 0.309. The normalized spacial score (nSPS) is 10.8. The van der Waals surface area contributed by atoms with Crippen molar-refractivity contribution in [1.82, 2.24) is 10.3 Å². The Morgan fingerprint density at radius 3 is 2.89 bits per heavy atom. The first-order valence-electron chi connectivity index (χ1n) is 6.45. The highest BCUT2D eigenvalue weighted by Crippen LogP contribution is 2.23. The van der Waals surface area contributed by atoms with Crippen molar-refractivity contribution in [3.05, 3.63) is 36.0 Å². The molecule has 0 fully saturated rings. The lowest BCUT2D eigenvalue weighted by atomic mass is 10.2. The average Bonchev–Trinajstić information content (AvgIpc) is 2.39. The summed E-state index contributed by atoms with van der Waals surface area (Å²) in [6, 6.07) is 10.2. The molecule has 0 saturated heterocycles. The maximum atomic E-state index is 5.83. The Bertz CT molecular complexity index is 511. The van der Waals surface area contributed by atoms with E-state index in [-0.39, 0.29) is 0 Å². The van der Waals surface area contributed by atoms with Gasteiger partial charge < -0.3 is 10.1 Å². The fourth-order valence-corrected chi connectivity index (χ4v) is 1.92. The van der Waals surface area contributed by atoms with Crippen molar-refractivity contribution in [3.8, 4) is 5.75 Å². The lowest BCUT2D eigenvalue weighted by Crippen LogP contribution is -2.09. The first-order chi connectivity index (χ1) is 8.81. The Balaban J connectivity index is 2.05. The molecule has 1 N–H and O–H groups in total. The van der Waals surface area contributed by atoms with E-state index in [9.17, 15) is 0 Å². The fourth-order valence-electron chi connectivity index (χ4n) is 1.92. The maximum Gasteiger partial charge on any atom is 0.145 e. The molecular formula is C15H20N2O. The molecule has 1 aromatic carbocycles. The van der Waals surface area contributed by atoms with E-state index in [4.69, 9.17) is 4.74 Å². The summed E-state index contributed by atoms with van der Waals surface area (Å²) in [6.45, 7) is 3.79. The minimum Gasteiger partial charge on any atom is -0.491 e. The highest BCUT2D eigenvalue weighted by atomic mass is 16.5. The van der Waals surface area contributed by atoms with Crippen LogP contribution in [0, 0.1) is 6.92 Å². The number of ether oxygens (including phenoxy) is 1. The van der Waals surface area contributed by atoms with E-state index in [1.165, 1.54) is 0 Å². The van der Waals surface area contributed by atoms with Gasteiger partial charge in [-0.1, -0.05) is 18.2 Å². The van der Waals surface area contributed by atoms with Gasteiger partial charge in [0.2, 0.25) is 0 Å². The zero-order chi connectivity index (χ0) is 12.8. The standard InChI is InChI=1S/C15H20N2O/c1-12-8-9-13-6-5-7-14(15(13)17-12)18-11-4-3-10-16-2/h5-9,16H,3-4,10-11H2,1-2H3. The summed E-state index contributed by atoms with van der Waals surface area (Å²) in [6.07, 6.45) is 2.19. The van der Waals surface area contributed by atoms with Crippen LogP contribution in [0.25, 0.3) is 10.9 Å². The van der Waals surface area contributed by atoms with E-state index in [1.54, 1.807) is 0 Å². The summed E-state index contributed by atoms with van der Waals surface area (Å²) in [5.74, 6) is 0.889. The number of benzene rings is 1. The van der Waals surface area contributed by atoms with Crippen molar-refractivity contribution in [1.29, 1.82) is 0 Å². The number of hydrogen-bond donors (Lipinski definition) is 1. The van der Waals surface area contributed by atoms with Crippen molar-refractivity contribution >= 4 is 10.9 Å². The van der Waals surface area contributed by atoms with Crippen molar-refractivity contribution in [2.45, 2.75) is 19.8 Å². The number of pyridine rings is 1. The Morgan fingerprint density at radius 1 is 1.17 bits per heavy atom. The quantitative estimate of drug-likeness (QED) is 0.793. The van der Waals surface area contributed by atoms with Gasteiger partial charge in [0, 0.05) is 11.1 Å². The summed E-state index contributed by atoms with van der Waals surface area (Å²) in [5.41, 5.74) is 1.99. The summed E-state index contributed by atoms with van der Waals surface area (Å²) < 4.78 is 5.83. The SMILES string of the molecule is CNCCCCOc1cccc2ccc(C)nc12. The van der Waals surface area contributed by atoms with Crippen LogP contribution in [0.4, 0.5) is 0 Å². The van der Waals surface area contributed by atoms with Crippen LogP contribution in [0.5, 0.6) is 5.75 Å². The third kappa shape index (κ3) is 3.20. The van der Waals surface area contributed by atoms with Gasteiger partial charge >= 0.3 is 0 Å². The van der Waals surface area contributed by atoms with Gasteiger partial charge in [-0.15, -0.1) is 0 Å². The van der Waals surface area contributed by atoms with Gasteiger partial charge in [-0.2, -0.15) is 0 Å². The minimum absolute atomic E-state index is 0.746. The minimum atomic E-state index is 0.746. The molecule has 0 spiro atoms. The zero-order valence-corrected chi connectivity index (χ0v) is 11.1. The first-order valence-corrected chi connectivity index (χ1v) is 6.45. The molecule has 0 aliphatic carbocycles. The predicted octanol–water partition coefficient (Wildman–Crippen LogP) is 2.92. The molecule has 0 atom stereocenters. The number of para-hydroxylation sites is 1. The second-order valence-corrected chi connectivity index (χ2v) is 4.44. The van der Waals surface area contributed by atoms with Crippen LogP contribution in [0.1, 0.15) is 18.5 Å². The molecule has 2 rings (SSSR count). The van der Waals surface area contributed by atoms with Crippen molar-refractivity contribution in [2.75, 3.05) is 20.2 Å². The molecule has 2 aromatic rings. The monoisotopic (exact) mass is 244 g/mol. The molecule has 0 unspecified atom stereocenters. The fraction of sp³-hybridized carbons (Fsp3) is 0.400. The van der Waals surface area contributed by atoms with E-state index in [1.807, 2.05) is 32.2 Å². The third-order valence-corrected chi connectivity index (χ3v) is 2.90. The Hall–Kier alpha value is -1.61. The molecular weight excluding hydrogens is 224 g/mol. The largest absolute Gasteiger partial charge is 0.491 e. The van der Waals surface area contributed by atoms with Crippen LogP contribution in [0.2, 0.25) is 0 Å². The topological polar surface area (TPSA) is 34.1 Å². The average molecular weight is 244 g/mol. The lowest BCUT2D eigenvalue weighted by Gasteiger charge is -2.09. The Labute approximate surface area is 108 Å². The van der Waals surface area contributed by atoms with Crippen LogP contribution in [0.3, 0.4) is 0 Å². The number of aromatic nitrogens is 1. The highest BCUT2D eigenvalue weighted by Gasteiger charge is 2.03. The molecule has 1 heterocycles. The molecule has 0 aliphatic heterocycles. The molecule has 1 aromatic heterocycles. The zero-order valence-electron chi connectivity index (χ0n) is 11.1. The van der Waals surface area contributed by atoms with Crippen molar-refractivity contribution in [3.63, 3.8) is 0 Å². The van der Waals surface area contributed by atoms with Crippen molar-refractivity contribution < 1.29 is 4.74 Å². The van der Waals surface area contributed by atoms with E-state index in [0.29, 0.717) is 0 Å². The molecule has 0 aliphatic rings. The summed E-state index contributed by atoms with van der Waals surface area (Å²) in [7, 11) is 1.97. The number of nitrogens with one attached hydrogen (secondary N) is 1. The van der Waals surface area contributed by atoms with E-state index in [0.717, 1.165) is 48.3 Å². The Kier molecular flexibility index (Phi) is 4.53. The van der Waals surface area contributed by atoms with Crippen LogP contribution in [-0.4, -0.2) is 25.2 Å². The second kappa shape index (κ2) is 6.36. The van der Waals surface area contributed by atoms with Crippen LogP contribution >= 0.6 is 0 Å². The summed E-state index contributed by atoms with van der Waals surface area (Å²) in [4.78, 5) is 4.55. The number of rotatable bonds is 6. The van der Waals surface area contributed by atoms with Gasteiger partial charge in [-0.3, -0.25) is 0 Å². The van der Waals surface area contributed by atoms with Crippen LogP contribution < -0.4 is 10.1 Å². The highest BCUT2D eigenvalue weighted by molar-refractivity contribution is 5.84. The van der Waals surface area contributed by atoms with Gasteiger partial charge in [0.05, 0.1) is 6.61 Å². The van der Waals surface area contributed by atoms with Crippen LogP contribution in [-0.2, 0) is 0 Å². The van der Waals surface area contributed by atoms with Gasteiger partial charge in [-0.05, 0) is 45.5 Å². The Morgan fingerprint density at radius 2 is 2.06 bits per heavy atom. The second-order valence-electron chi connectivity index (χ2n) is 4.44. The first kappa shape index (κ1) is 12.8. The summed E-state index contributed by atoms with van der Waals surface area (Å²) >= 11 is 0. The molecule has 0 amide bonds. The summed E-state index contributed by atoms with van der Waals surface area (Å²) in [5, 5.41) is 4.27. The van der Waals surface area contributed by atoms with Gasteiger partial charge in [0.25, 0.3) is 0 Å². The van der Waals surface area contributed by atoms with Crippen LogP contribution in [0.15, 0.2) is 30.3 Å². The number of aryl methyl sites for hydroxylation is 1. The third-order valence-electron chi connectivity index (χ3n) is 2.90. The number of nitrogens with zero attached hydrogens (tertiary/aromatic N) is 1. The smallest absolute Gasteiger partial charge is 0.145 e. The number of hydrogen-bond acceptors (Lipinski definition) is 3. The van der Waals surface area contributed by atoms with E-state index >= 15 is 0 Å². The molecule has 0 saturated carbocycles. The van der Waals surface area contributed by atoms with E-state index in [2.05, 4.69) is 22.4 Å². The maximum absolute atomic E-state index is 5.83. The molecule has 0 radical (unpaired) electrons. The number of fused-ring (bicyclic) bond motifs is 1.